The zero-order valence-corrected chi connectivity index (χ0v) is 26.2. The molecule has 2 heterocycles. The molecule has 0 aromatic heterocycles. The third-order valence-corrected chi connectivity index (χ3v) is 12.1. The van der Waals surface area contributed by atoms with Crippen molar-refractivity contribution < 1.29 is 50.1 Å². The van der Waals surface area contributed by atoms with E-state index in [4.69, 9.17) is 23.3 Å². The van der Waals surface area contributed by atoms with Crippen LogP contribution in [0.25, 0.3) is 0 Å². The fourth-order valence-electron chi connectivity index (χ4n) is 4.26. The van der Waals surface area contributed by atoms with Crippen LogP contribution >= 0.6 is 40.5 Å². The SMILES string of the molecule is CO[C@@H]1C[C@H](S(=O)(=O)c2ccc(Br)cc2)OC1COP(O)O[C@@H]1C[C@H](S(=O)(=O)c2ccc(Br)cc2)O[C@@H]1CO. The second kappa shape index (κ2) is 13.2. The predicted octanol–water partition coefficient (Wildman–Crippen LogP) is 3.32. The Kier molecular flexibility index (Phi) is 10.6. The first-order valence-corrected chi connectivity index (χ1v) is 17.5. The van der Waals surface area contributed by atoms with Gasteiger partial charge in [-0.3, -0.25) is 0 Å². The lowest BCUT2D eigenvalue weighted by atomic mass is 10.2. The number of aliphatic hydroxyl groups excluding tert-OH is 1. The second-order valence-electron chi connectivity index (χ2n) is 8.81. The highest BCUT2D eigenvalue weighted by atomic mass is 79.9. The highest BCUT2D eigenvalue weighted by Gasteiger charge is 2.46. The van der Waals surface area contributed by atoms with Crippen molar-refractivity contribution in [3.8, 4) is 0 Å². The van der Waals surface area contributed by atoms with Crippen molar-refractivity contribution >= 4 is 60.1 Å². The second-order valence-corrected chi connectivity index (χ2v) is 15.8. The summed E-state index contributed by atoms with van der Waals surface area (Å²) in [5, 5.41) is 9.71. The molecule has 4 rings (SSSR count). The lowest BCUT2D eigenvalue weighted by Crippen LogP contribution is -2.29. The minimum atomic E-state index is -3.89. The molecule has 0 radical (unpaired) electrons. The molecule has 0 aliphatic carbocycles. The van der Waals surface area contributed by atoms with Gasteiger partial charge in [0.1, 0.15) is 12.2 Å². The average molecular weight is 734 g/mol. The molecule has 2 fully saturated rings. The van der Waals surface area contributed by atoms with Crippen molar-refractivity contribution in [3.05, 3.63) is 57.5 Å². The summed E-state index contributed by atoms with van der Waals surface area (Å²) in [6.07, 6.45) is -3.48. The molecule has 0 amide bonds. The van der Waals surface area contributed by atoms with Gasteiger partial charge in [-0.1, -0.05) is 31.9 Å². The van der Waals surface area contributed by atoms with E-state index in [9.17, 15) is 26.8 Å². The van der Waals surface area contributed by atoms with Crippen LogP contribution in [0, 0.1) is 0 Å². The Labute approximate surface area is 244 Å². The molecule has 0 saturated carbocycles. The molecular weight excluding hydrogens is 707 g/mol. The Hall–Kier alpha value is -0.550. The van der Waals surface area contributed by atoms with Gasteiger partial charge in [-0.25, -0.2) is 16.8 Å². The molecule has 2 N–H and O–H groups in total. The first-order chi connectivity index (χ1) is 18.4. The summed E-state index contributed by atoms with van der Waals surface area (Å²) < 4.78 is 81.1. The summed E-state index contributed by atoms with van der Waals surface area (Å²) in [5.41, 5.74) is -2.46. The Morgan fingerprint density at radius 3 is 1.77 bits per heavy atom. The summed E-state index contributed by atoms with van der Waals surface area (Å²) in [7, 11) is -8.84. The van der Waals surface area contributed by atoms with Gasteiger partial charge < -0.3 is 33.3 Å². The monoisotopic (exact) mass is 732 g/mol. The number of hydrogen-bond donors (Lipinski definition) is 2. The van der Waals surface area contributed by atoms with Gasteiger partial charge in [0.25, 0.3) is 0 Å². The largest absolute Gasteiger partial charge is 0.394 e. The topological polar surface area (TPSA) is 155 Å². The molecular formula is C23H27Br2O11PS2. The Morgan fingerprint density at radius 2 is 1.31 bits per heavy atom. The van der Waals surface area contributed by atoms with E-state index in [-0.39, 0.29) is 29.2 Å². The van der Waals surface area contributed by atoms with Gasteiger partial charge in [0.05, 0.1) is 35.2 Å². The first kappa shape index (κ1) is 31.4. The van der Waals surface area contributed by atoms with Crippen molar-refractivity contribution in [1.29, 1.82) is 0 Å². The smallest absolute Gasteiger partial charge is 0.330 e. The van der Waals surface area contributed by atoms with E-state index in [0.717, 1.165) is 4.47 Å². The molecule has 216 valence electrons. The predicted molar refractivity (Wildman–Crippen MR) is 147 cm³/mol. The standard InChI is InChI=1S/C23H27Br2O11PS2/c1-32-18-10-22(38(28,29)16-6-2-14(24)3-7-16)35-21(18)13-33-37(27)36-19-11-23(34-20(19)12-26)39(30,31)17-8-4-15(25)5-9-17/h2-9,18-23,26-27H,10-13H2,1H3/t18-,19-,20-,21?,22+,23+,37?/m1/s1. The van der Waals surface area contributed by atoms with E-state index in [1.807, 2.05) is 0 Å². The fourth-order valence-corrected chi connectivity index (χ4v) is 8.68. The van der Waals surface area contributed by atoms with E-state index in [0.29, 0.717) is 4.47 Å². The summed E-state index contributed by atoms with van der Waals surface area (Å²) in [5.74, 6) is 0. The quantitative estimate of drug-likeness (QED) is 0.327. The maximum absolute atomic E-state index is 13.0. The van der Waals surface area contributed by atoms with Crippen LogP contribution in [0.2, 0.25) is 0 Å². The molecule has 0 spiro atoms. The van der Waals surface area contributed by atoms with E-state index < -0.39 is 70.2 Å². The summed E-state index contributed by atoms with van der Waals surface area (Å²) >= 11 is 6.54. The third-order valence-electron chi connectivity index (χ3n) is 6.37. The number of ether oxygens (including phenoxy) is 3. The summed E-state index contributed by atoms with van der Waals surface area (Å²) in [6.45, 7) is -0.779. The number of sulfone groups is 2. The number of hydrogen-bond acceptors (Lipinski definition) is 11. The van der Waals surface area contributed by atoms with Gasteiger partial charge in [0.2, 0.25) is 19.7 Å². The van der Waals surface area contributed by atoms with Gasteiger partial charge in [-0.05, 0) is 48.5 Å². The molecule has 2 aliphatic heterocycles. The van der Waals surface area contributed by atoms with Gasteiger partial charge in [-0.2, -0.15) is 0 Å². The number of halogens is 2. The minimum Gasteiger partial charge on any atom is -0.394 e. The Bertz CT molecular complexity index is 1330. The van der Waals surface area contributed by atoms with Crippen molar-refractivity contribution in [3.63, 3.8) is 0 Å². The van der Waals surface area contributed by atoms with Gasteiger partial charge in [0, 0.05) is 28.9 Å². The van der Waals surface area contributed by atoms with Crippen LogP contribution in [-0.4, -0.2) is 82.4 Å². The molecule has 0 bridgehead atoms. The summed E-state index contributed by atoms with van der Waals surface area (Å²) in [4.78, 5) is 10.6. The van der Waals surface area contributed by atoms with Crippen LogP contribution in [0.1, 0.15) is 12.8 Å². The lowest BCUT2D eigenvalue weighted by Gasteiger charge is -2.22. The Balaban J connectivity index is 1.35. The van der Waals surface area contributed by atoms with Gasteiger partial charge in [0.15, 0.2) is 10.9 Å². The fraction of sp³-hybridized carbons (Fsp3) is 0.478. The minimum absolute atomic E-state index is 0.0483. The molecule has 16 heteroatoms. The maximum Gasteiger partial charge on any atom is 0.330 e. The van der Waals surface area contributed by atoms with Crippen LogP contribution in [0.5, 0.6) is 0 Å². The van der Waals surface area contributed by atoms with Crippen LogP contribution in [-0.2, 0) is 42.9 Å². The van der Waals surface area contributed by atoms with E-state index in [1.165, 1.54) is 31.4 Å². The van der Waals surface area contributed by atoms with Gasteiger partial charge in [-0.15, -0.1) is 0 Å². The molecule has 39 heavy (non-hydrogen) atoms. The van der Waals surface area contributed by atoms with Crippen LogP contribution in [0.15, 0.2) is 67.3 Å². The maximum atomic E-state index is 13.0. The number of rotatable bonds is 11. The van der Waals surface area contributed by atoms with E-state index in [2.05, 4.69) is 31.9 Å². The lowest BCUT2D eigenvalue weighted by molar-refractivity contribution is -0.0259. The molecule has 2 aromatic rings. The normalized spacial score (nSPS) is 28.5. The first-order valence-electron chi connectivity index (χ1n) is 11.7. The van der Waals surface area contributed by atoms with Crippen LogP contribution in [0.3, 0.4) is 0 Å². The molecule has 2 unspecified atom stereocenters. The zero-order valence-electron chi connectivity index (χ0n) is 20.5. The van der Waals surface area contributed by atoms with Crippen molar-refractivity contribution in [2.24, 2.45) is 0 Å². The number of benzene rings is 2. The van der Waals surface area contributed by atoms with Crippen molar-refractivity contribution in [2.45, 2.75) is 57.9 Å². The average Bonchev–Trinajstić information content (AvgIpc) is 3.52. The number of aliphatic hydroxyl groups is 1. The van der Waals surface area contributed by atoms with Gasteiger partial charge >= 0.3 is 8.60 Å². The molecule has 11 nitrogen and oxygen atoms in total. The molecule has 2 aliphatic rings. The molecule has 7 atom stereocenters. The number of methoxy groups -OCH3 is 1. The van der Waals surface area contributed by atoms with Crippen LogP contribution < -0.4 is 0 Å². The highest BCUT2D eigenvalue weighted by Crippen LogP contribution is 2.42. The van der Waals surface area contributed by atoms with E-state index >= 15 is 0 Å². The van der Waals surface area contributed by atoms with Crippen molar-refractivity contribution in [2.75, 3.05) is 20.3 Å². The summed E-state index contributed by atoms with van der Waals surface area (Å²) in [6, 6.07) is 12.2. The molecule has 2 saturated heterocycles. The van der Waals surface area contributed by atoms with E-state index in [1.54, 1.807) is 24.3 Å². The third kappa shape index (κ3) is 7.27. The zero-order chi connectivity index (χ0) is 28.4. The highest BCUT2D eigenvalue weighted by molar-refractivity contribution is 9.10. The van der Waals surface area contributed by atoms with Crippen molar-refractivity contribution in [1.82, 2.24) is 0 Å². The molecule has 2 aromatic carbocycles. The Morgan fingerprint density at radius 1 is 0.846 bits per heavy atom. The van der Waals surface area contributed by atoms with Crippen LogP contribution in [0.4, 0.5) is 0 Å².